The Labute approximate surface area is 153 Å². The quantitative estimate of drug-likeness (QED) is 0.794. The van der Waals surface area contributed by atoms with Gasteiger partial charge in [0.25, 0.3) is 5.91 Å². The molecule has 5 nitrogen and oxygen atoms in total. The van der Waals surface area contributed by atoms with E-state index in [0.717, 1.165) is 12.1 Å². The first kappa shape index (κ1) is 18.8. The highest BCUT2D eigenvalue weighted by molar-refractivity contribution is 6.31. The predicted molar refractivity (Wildman–Crippen MR) is 102 cm³/mol. The monoisotopic (exact) mass is 359 g/mol. The van der Waals surface area contributed by atoms with Gasteiger partial charge in [-0.2, -0.15) is 0 Å². The van der Waals surface area contributed by atoms with Crippen LogP contribution < -0.4 is 15.5 Å². The van der Waals surface area contributed by atoms with Gasteiger partial charge in [0.2, 0.25) is 5.91 Å². The molecule has 0 atom stereocenters. The molecule has 0 radical (unpaired) electrons. The number of para-hydroxylation sites is 1. The molecule has 0 saturated heterocycles. The second kappa shape index (κ2) is 9.08. The summed E-state index contributed by atoms with van der Waals surface area (Å²) in [6.45, 7) is 2.71. The number of nitrogens with one attached hydrogen (secondary N) is 2. The lowest BCUT2D eigenvalue weighted by molar-refractivity contribution is -0.114. The number of anilines is 2. The molecule has 0 fully saturated rings. The number of hydrogen-bond acceptors (Lipinski definition) is 3. The van der Waals surface area contributed by atoms with E-state index in [-0.39, 0.29) is 18.4 Å². The number of rotatable bonds is 7. The van der Waals surface area contributed by atoms with Gasteiger partial charge in [0.05, 0.1) is 17.8 Å². The normalized spacial score (nSPS) is 10.2. The van der Waals surface area contributed by atoms with Gasteiger partial charge in [0.15, 0.2) is 0 Å². The van der Waals surface area contributed by atoms with E-state index < -0.39 is 0 Å². The smallest absolute Gasteiger partial charge is 0.253 e. The van der Waals surface area contributed by atoms with E-state index in [9.17, 15) is 9.59 Å². The van der Waals surface area contributed by atoms with Crippen LogP contribution in [0, 0.1) is 0 Å². The molecular weight excluding hydrogens is 338 g/mol. The number of amides is 2. The van der Waals surface area contributed by atoms with Crippen LogP contribution >= 0.6 is 11.6 Å². The van der Waals surface area contributed by atoms with Gasteiger partial charge in [-0.15, -0.1) is 0 Å². The number of halogens is 1. The van der Waals surface area contributed by atoms with E-state index in [4.69, 9.17) is 11.6 Å². The molecular formula is C19H22ClN3O2. The zero-order valence-corrected chi connectivity index (χ0v) is 15.1. The maximum Gasteiger partial charge on any atom is 0.253 e. The van der Waals surface area contributed by atoms with Gasteiger partial charge < -0.3 is 15.5 Å². The molecule has 132 valence electrons. The number of benzene rings is 2. The summed E-state index contributed by atoms with van der Waals surface area (Å²) in [6.07, 6.45) is 0.836. The Morgan fingerprint density at radius 3 is 2.52 bits per heavy atom. The van der Waals surface area contributed by atoms with E-state index in [1.54, 1.807) is 18.2 Å². The zero-order chi connectivity index (χ0) is 18.2. The SMILES string of the molecule is CCCNC(=O)c1ccc(Cl)cc1NC(=O)CN(C)c1ccccc1. The summed E-state index contributed by atoms with van der Waals surface area (Å²) < 4.78 is 0. The fraction of sp³-hybridized carbons (Fsp3) is 0.263. The van der Waals surface area contributed by atoms with Crippen molar-refractivity contribution >= 4 is 34.8 Å². The highest BCUT2D eigenvalue weighted by Gasteiger charge is 2.15. The topological polar surface area (TPSA) is 61.4 Å². The van der Waals surface area contributed by atoms with Crippen molar-refractivity contribution < 1.29 is 9.59 Å². The standard InChI is InChI=1S/C19H22ClN3O2/c1-3-11-21-19(25)16-10-9-14(20)12-17(16)22-18(24)13-23(2)15-7-5-4-6-8-15/h4-10,12H,3,11,13H2,1-2H3,(H,21,25)(H,22,24). The Morgan fingerprint density at radius 2 is 1.84 bits per heavy atom. The average Bonchev–Trinajstić information content (AvgIpc) is 2.60. The lowest BCUT2D eigenvalue weighted by atomic mass is 10.1. The van der Waals surface area contributed by atoms with Crippen molar-refractivity contribution in [3.05, 3.63) is 59.1 Å². The molecule has 2 aromatic carbocycles. The predicted octanol–water partition coefficient (Wildman–Crippen LogP) is 3.55. The fourth-order valence-corrected chi connectivity index (χ4v) is 2.50. The molecule has 0 aliphatic carbocycles. The van der Waals surface area contributed by atoms with Crippen LogP contribution in [0.3, 0.4) is 0 Å². The van der Waals surface area contributed by atoms with E-state index in [1.807, 2.05) is 49.2 Å². The molecule has 2 rings (SSSR count). The van der Waals surface area contributed by atoms with Crippen molar-refractivity contribution in [2.75, 3.05) is 30.4 Å². The Bertz CT molecular complexity index is 735. The van der Waals surface area contributed by atoms with Crippen molar-refractivity contribution in [3.63, 3.8) is 0 Å². The third-order valence-corrected chi connectivity index (χ3v) is 3.85. The fourth-order valence-electron chi connectivity index (χ4n) is 2.33. The van der Waals surface area contributed by atoms with Crippen molar-refractivity contribution in [1.82, 2.24) is 5.32 Å². The molecule has 0 aliphatic rings. The summed E-state index contributed by atoms with van der Waals surface area (Å²) in [5.41, 5.74) is 1.74. The van der Waals surface area contributed by atoms with Gasteiger partial charge in [-0.25, -0.2) is 0 Å². The van der Waals surface area contributed by atoms with Crippen molar-refractivity contribution in [2.24, 2.45) is 0 Å². The molecule has 2 aromatic rings. The first-order valence-corrected chi connectivity index (χ1v) is 8.53. The molecule has 0 saturated carbocycles. The number of nitrogens with zero attached hydrogens (tertiary/aromatic N) is 1. The van der Waals surface area contributed by atoms with E-state index in [2.05, 4.69) is 10.6 Å². The number of carbonyl (C=O) groups excluding carboxylic acids is 2. The van der Waals surface area contributed by atoms with Gasteiger partial charge in [0.1, 0.15) is 0 Å². The summed E-state index contributed by atoms with van der Waals surface area (Å²) in [5, 5.41) is 6.05. The minimum atomic E-state index is -0.231. The largest absolute Gasteiger partial charge is 0.365 e. The molecule has 0 bridgehead atoms. The van der Waals surface area contributed by atoms with Gasteiger partial charge in [0, 0.05) is 24.3 Å². The third-order valence-electron chi connectivity index (χ3n) is 3.61. The lowest BCUT2D eigenvalue weighted by Crippen LogP contribution is -2.31. The molecule has 25 heavy (non-hydrogen) atoms. The molecule has 0 aromatic heterocycles. The Hall–Kier alpha value is -2.53. The molecule has 6 heteroatoms. The van der Waals surface area contributed by atoms with Gasteiger partial charge >= 0.3 is 0 Å². The van der Waals surface area contributed by atoms with Crippen LogP contribution in [0.1, 0.15) is 23.7 Å². The second-order valence-electron chi connectivity index (χ2n) is 5.69. The maximum atomic E-state index is 12.4. The number of hydrogen-bond donors (Lipinski definition) is 2. The summed E-state index contributed by atoms with van der Waals surface area (Å²) in [6, 6.07) is 14.4. The van der Waals surface area contributed by atoms with Crippen LogP contribution in [0.25, 0.3) is 0 Å². The first-order valence-electron chi connectivity index (χ1n) is 8.15. The minimum Gasteiger partial charge on any atom is -0.365 e. The van der Waals surface area contributed by atoms with Crippen LogP contribution in [0.15, 0.2) is 48.5 Å². The van der Waals surface area contributed by atoms with E-state index in [0.29, 0.717) is 22.8 Å². The Morgan fingerprint density at radius 1 is 1.12 bits per heavy atom. The highest BCUT2D eigenvalue weighted by Crippen LogP contribution is 2.21. The molecule has 2 amide bonds. The van der Waals surface area contributed by atoms with Crippen molar-refractivity contribution in [2.45, 2.75) is 13.3 Å². The molecule has 0 aliphatic heterocycles. The third kappa shape index (κ3) is 5.50. The summed E-state index contributed by atoms with van der Waals surface area (Å²) >= 11 is 6.02. The summed E-state index contributed by atoms with van der Waals surface area (Å²) in [5.74, 6) is -0.455. The minimum absolute atomic E-state index is 0.159. The van der Waals surface area contributed by atoms with Gasteiger partial charge in [-0.3, -0.25) is 9.59 Å². The van der Waals surface area contributed by atoms with Crippen molar-refractivity contribution in [1.29, 1.82) is 0 Å². The van der Waals surface area contributed by atoms with Crippen LogP contribution in [0.5, 0.6) is 0 Å². The van der Waals surface area contributed by atoms with Gasteiger partial charge in [-0.1, -0.05) is 36.7 Å². The Balaban J connectivity index is 2.09. The van der Waals surface area contributed by atoms with E-state index in [1.165, 1.54) is 0 Å². The van der Waals surface area contributed by atoms with Crippen LogP contribution in [-0.2, 0) is 4.79 Å². The number of likely N-dealkylation sites (N-methyl/N-ethyl adjacent to an activating group) is 1. The second-order valence-corrected chi connectivity index (χ2v) is 6.12. The first-order chi connectivity index (χ1) is 12.0. The van der Waals surface area contributed by atoms with Crippen LogP contribution in [0.4, 0.5) is 11.4 Å². The molecule has 2 N–H and O–H groups in total. The zero-order valence-electron chi connectivity index (χ0n) is 14.4. The van der Waals surface area contributed by atoms with E-state index >= 15 is 0 Å². The van der Waals surface area contributed by atoms with Gasteiger partial charge in [-0.05, 0) is 36.8 Å². The summed E-state index contributed by atoms with van der Waals surface area (Å²) in [7, 11) is 1.84. The average molecular weight is 360 g/mol. The Kier molecular flexibility index (Phi) is 6.83. The molecule has 0 heterocycles. The highest BCUT2D eigenvalue weighted by atomic mass is 35.5. The summed E-state index contributed by atoms with van der Waals surface area (Å²) in [4.78, 5) is 26.4. The maximum absolute atomic E-state index is 12.4. The molecule has 0 unspecified atom stereocenters. The number of carbonyl (C=O) groups is 2. The van der Waals surface area contributed by atoms with Crippen molar-refractivity contribution in [3.8, 4) is 0 Å². The molecule has 0 spiro atoms. The lowest BCUT2D eigenvalue weighted by Gasteiger charge is -2.19. The van der Waals surface area contributed by atoms with Crippen LogP contribution in [-0.4, -0.2) is 32.0 Å². The van der Waals surface area contributed by atoms with Crippen LogP contribution in [0.2, 0.25) is 5.02 Å².